The summed E-state index contributed by atoms with van der Waals surface area (Å²) in [4.78, 5) is 16.3. The van der Waals surface area contributed by atoms with Crippen molar-refractivity contribution >= 4 is 45.8 Å². The summed E-state index contributed by atoms with van der Waals surface area (Å²) >= 11 is 12.8. The van der Waals surface area contributed by atoms with Crippen molar-refractivity contribution in [3.63, 3.8) is 0 Å². The molecule has 2 heterocycles. The number of nitrogens with zero attached hydrogens (tertiary/aromatic N) is 2. The van der Waals surface area contributed by atoms with Gasteiger partial charge in [0.1, 0.15) is 4.34 Å². The van der Waals surface area contributed by atoms with Crippen molar-refractivity contribution in [1.29, 1.82) is 0 Å². The van der Waals surface area contributed by atoms with Crippen LogP contribution >= 0.6 is 34.5 Å². The van der Waals surface area contributed by atoms with Gasteiger partial charge in [-0.2, -0.15) is 13.2 Å². The molecule has 5 nitrogen and oxygen atoms in total. The lowest BCUT2D eigenvalue weighted by Crippen LogP contribution is -2.18. The van der Waals surface area contributed by atoms with Gasteiger partial charge in [-0.1, -0.05) is 58.8 Å². The number of carbonyl (C=O) groups excluding carboxylic acids is 1. The van der Waals surface area contributed by atoms with Crippen LogP contribution in [0.3, 0.4) is 0 Å². The topological polar surface area (TPSA) is 56.1 Å². The van der Waals surface area contributed by atoms with E-state index in [1.54, 1.807) is 35.0 Å². The number of halogens is 5. The fraction of sp³-hybridized carbons (Fsp3) is 0.130. The molecule has 176 valence electrons. The monoisotopic (exact) mass is 525 g/mol. The van der Waals surface area contributed by atoms with E-state index in [1.807, 2.05) is 12.1 Å². The Morgan fingerprint density at radius 2 is 1.82 bits per heavy atom. The summed E-state index contributed by atoms with van der Waals surface area (Å²) in [6, 6.07) is 13.9. The van der Waals surface area contributed by atoms with Crippen LogP contribution < -0.4 is 10.1 Å². The Kier molecular flexibility index (Phi) is 7.16. The number of thiazole rings is 1. The summed E-state index contributed by atoms with van der Waals surface area (Å²) in [6.45, 7) is 0.0657. The molecule has 11 heteroatoms. The normalized spacial score (nSPS) is 11.4. The second kappa shape index (κ2) is 10.1. The van der Waals surface area contributed by atoms with E-state index in [-0.39, 0.29) is 17.6 Å². The van der Waals surface area contributed by atoms with Gasteiger partial charge in [-0.3, -0.25) is 5.32 Å². The molecule has 0 bridgehead atoms. The molecule has 2 aromatic heterocycles. The van der Waals surface area contributed by atoms with Gasteiger partial charge in [-0.25, -0.2) is 9.78 Å². The van der Waals surface area contributed by atoms with Crippen LogP contribution in [-0.2, 0) is 19.1 Å². The van der Waals surface area contributed by atoms with E-state index in [0.29, 0.717) is 21.3 Å². The van der Waals surface area contributed by atoms with Gasteiger partial charge in [0.05, 0.1) is 18.3 Å². The molecule has 1 amide bonds. The number of nitrogens with one attached hydrogen (secondary N) is 1. The zero-order valence-corrected chi connectivity index (χ0v) is 19.6. The SMILES string of the molecule is O=C(Nc1ncc(Cl)s1)Oc1cc(Cc2ccc(Cl)cc2)cn1Cc1cccc(C(F)(F)F)c1. The maximum absolute atomic E-state index is 13.1. The predicted octanol–water partition coefficient (Wildman–Crippen LogP) is 7.52. The van der Waals surface area contributed by atoms with Crippen molar-refractivity contribution in [2.24, 2.45) is 0 Å². The molecule has 0 atom stereocenters. The smallest absolute Gasteiger partial charge is 0.393 e. The lowest BCUT2D eigenvalue weighted by Gasteiger charge is -2.12. The van der Waals surface area contributed by atoms with Crippen molar-refractivity contribution in [3.05, 3.63) is 98.6 Å². The zero-order chi connectivity index (χ0) is 24.3. The van der Waals surface area contributed by atoms with Crippen LogP contribution in [0.1, 0.15) is 22.3 Å². The Hall–Kier alpha value is -3.01. The molecule has 34 heavy (non-hydrogen) atoms. The van der Waals surface area contributed by atoms with Gasteiger partial charge in [-0.15, -0.1) is 0 Å². The quantitative estimate of drug-likeness (QED) is 0.283. The van der Waals surface area contributed by atoms with Crippen molar-refractivity contribution in [2.75, 3.05) is 5.32 Å². The molecular weight excluding hydrogens is 510 g/mol. The first-order valence-electron chi connectivity index (χ1n) is 9.85. The van der Waals surface area contributed by atoms with E-state index in [2.05, 4.69) is 10.3 Å². The average Bonchev–Trinajstić information content (AvgIpc) is 3.34. The highest BCUT2D eigenvalue weighted by Crippen LogP contribution is 2.30. The Labute approximate surface area is 206 Å². The van der Waals surface area contributed by atoms with Gasteiger partial charge in [0.25, 0.3) is 0 Å². The molecule has 0 spiro atoms. The van der Waals surface area contributed by atoms with Crippen LogP contribution in [0.25, 0.3) is 0 Å². The number of amides is 1. The van der Waals surface area contributed by atoms with E-state index in [0.717, 1.165) is 34.6 Å². The first-order valence-corrected chi connectivity index (χ1v) is 11.4. The zero-order valence-electron chi connectivity index (χ0n) is 17.3. The molecule has 0 saturated heterocycles. The summed E-state index contributed by atoms with van der Waals surface area (Å²) in [5.41, 5.74) is 1.42. The Morgan fingerprint density at radius 3 is 2.50 bits per heavy atom. The van der Waals surface area contributed by atoms with E-state index in [9.17, 15) is 18.0 Å². The maximum atomic E-state index is 13.1. The average molecular weight is 526 g/mol. The molecule has 0 unspecified atom stereocenters. The van der Waals surface area contributed by atoms with Crippen LogP contribution in [0.5, 0.6) is 5.88 Å². The van der Waals surface area contributed by atoms with Crippen LogP contribution in [0, 0.1) is 0 Å². The van der Waals surface area contributed by atoms with E-state index in [1.165, 1.54) is 12.3 Å². The third kappa shape index (κ3) is 6.31. The number of alkyl halides is 3. The Balaban J connectivity index is 1.59. The second-order valence-electron chi connectivity index (χ2n) is 7.30. The van der Waals surface area contributed by atoms with Crippen molar-refractivity contribution in [3.8, 4) is 5.88 Å². The molecule has 0 radical (unpaired) electrons. The van der Waals surface area contributed by atoms with Crippen LogP contribution in [0.2, 0.25) is 9.36 Å². The molecule has 0 aliphatic heterocycles. The standard InChI is InChI=1S/C23H16Cl2F3N3O2S/c24-18-6-4-14(5-7-18)8-16-10-20(33-22(32)30-21-29-11-19(25)34-21)31(13-16)12-15-2-1-3-17(9-15)23(26,27)28/h1-7,9-11,13H,8,12H2,(H,29,30,32). The highest BCUT2D eigenvalue weighted by Gasteiger charge is 2.30. The summed E-state index contributed by atoms with van der Waals surface area (Å²) < 4.78 is 46.8. The van der Waals surface area contributed by atoms with Crippen molar-refractivity contribution in [2.45, 2.75) is 19.1 Å². The Bertz CT molecular complexity index is 1300. The number of aromatic nitrogens is 2. The summed E-state index contributed by atoms with van der Waals surface area (Å²) in [5, 5.41) is 3.34. The molecule has 0 saturated carbocycles. The molecular formula is C23H16Cl2F3N3O2S. The number of ether oxygens (including phenoxy) is 1. The first kappa shape index (κ1) is 24.1. The van der Waals surface area contributed by atoms with Crippen LogP contribution in [0.4, 0.5) is 23.1 Å². The van der Waals surface area contributed by atoms with E-state index < -0.39 is 17.8 Å². The van der Waals surface area contributed by atoms with Gasteiger partial charge in [0.2, 0.25) is 5.88 Å². The third-order valence-corrected chi connectivity index (χ3v) is 6.01. The molecule has 4 aromatic rings. The highest BCUT2D eigenvalue weighted by molar-refractivity contribution is 7.19. The van der Waals surface area contributed by atoms with Gasteiger partial charge in [-0.05, 0) is 47.4 Å². The first-order chi connectivity index (χ1) is 16.2. The Morgan fingerprint density at radius 1 is 1.06 bits per heavy atom. The summed E-state index contributed by atoms with van der Waals surface area (Å²) in [6.07, 6.45) is -1.62. The van der Waals surface area contributed by atoms with Gasteiger partial charge in [0, 0.05) is 17.3 Å². The fourth-order valence-electron chi connectivity index (χ4n) is 3.25. The minimum atomic E-state index is -4.46. The lowest BCUT2D eigenvalue weighted by molar-refractivity contribution is -0.137. The second-order valence-corrected chi connectivity index (χ2v) is 9.40. The third-order valence-electron chi connectivity index (χ3n) is 4.73. The highest BCUT2D eigenvalue weighted by atomic mass is 35.5. The minimum Gasteiger partial charge on any atom is -0.393 e. The number of hydrogen-bond donors (Lipinski definition) is 1. The number of hydrogen-bond acceptors (Lipinski definition) is 4. The number of carbonyl (C=O) groups is 1. The van der Waals surface area contributed by atoms with Crippen molar-refractivity contribution < 1.29 is 22.7 Å². The molecule has 0 aliphatic rings. The van der Waals surface area contributed by atoms with Gasteiger partial charge in [0.15, 0.2) is 5.13 Å². The fourth-order valence-corrected chi connectivity index (χ4v) is 4.18. The minimum absolute atomic E-state index is 0.0657. The lowest BCUT2D eigenvalue weighted by atomic mass is 10.1. The molecule has 2 aromatic carbocycles. The van der Waals surface area contributed by atoms with Gasteiger partial charge >= 0.3 is 12.3 Å². The molecule has 1 N–H and O–H groups in total. The van der Waals surface area contributed by atoms with Crippen molar-refractivity contribution in [1.82, 2.24) is 9.55 Å². The number of benzene rings is 2. The number of anilines is 1. The largest absolute Gasteiger partial charge is 0.420 e. The summed E-state index contributed by atoms with van der Waals surface area (Å²) in [5.74, 6) is 0.168. The summed E-state index contributed by atoms with van der Waals surface area (Å²) in [7, 11) is 0. The molecule has 4 rings (SSSR count). The van der Waals surface area contributed by atoms with Gasteiger partial charge < -0.3 is 9.30 Å². The predicted molar refractivity (Wildman–Crippen MR) is 126 cm³/mol. The molecule has 0 fully saturated rings. The number of rotatable bonds is 6. The van der Waals surface area contributed by atoms with E-state index >= 15 is 0 Å². The van der Waals surface area contributed by atoms with Crippen LogP contribution in [-0.4, -0.2) is 15.6 Å². The maximum Gasteiger partial charge on any atom is 0.420 e. The molecule has 0 aliphatic carbocycles. The van der Waals surface area contributed by atoms with E-state index in [4.69, 9.17) is 27.9 Å². The van der Waals surface area contributed by atoms with Crippen LogP contribution in [0.15, 0.2) is 67.0 Å².